The first kappa shape index (κ1) is 26.7. The molecule has 0 aliphatic heterocycles. The lowest BCUT2D eigenvalue weighted by Gasteiger charge is -2.28. The van der Waals surface area contributed by atoms with Crippen molar-refractivity contribution in [1.29, 1.82) is 0 Å². The van der Waals surface area contributed by atoms with Crippen LogP contribution in [0.3, 0.4) is 0 Å². The maximum Gasteiger partial charge on any atom is 0.0540 e. The summed E-state index contributed by atoms with van der Waals surface area (Å²) in [6.07, 6.45) is 0. The Hall–Kier alpha value is -5.92. The Labute approximate surface area is 264 Å². The second-order valence-corrected chi connectivity index (χ2v) is 11.4. The third-order valence-electron chi connectivity index (χ3n) is 8.68. The zero-order chi connectivity index (χ0) is 30.0. The van der Waals surface area contributed by atoms with Gasteiger partial charge in [0.15, 0.2) is 0 Å². The van der Waals surface area contributed by atoms with Crippen molar-refractivity contribution in [2.24, 2.45) is 0 Å². The van der Waals surface area contributed by atoms with Crippen molar-refractivity contribution in [2.45, 2.75) is 0 Å². The quantitative estimate of drug-likeness (QED) is 0.191. The Bertz CT molecular complexity index is 2110. The van der Waals surface area contributed by atoms with E-state index in [9.17, 15) is 0 Å². The summed E-state index contributed by atoms with van der Waals surface area (Å²) in [7, 11) is 0. The molecule has 0 saturated carbocycles. The van der Waals surface area contributed by atoms with Gasteiger partial charge in [0.2, 0.25) is 0 Å². The minimum absolute atomic E-state index is 1.11. The number of nitrogens with zero attached hydrogens (tertiary/aromatic N) is 1. The maximum absolute atomic E-state index is 2.38. The molecule has 0 aliphatic carbocycles. The zero-order valence-electron chi connectivity index (χ0n) is 24.8. The molecule has 1 nitrogen and oxygen atoms in total. The molecule has 0 radical (unpaired) electrons. The molecule has 8 rings (SSSR count). The third-order valence-corrected chi connectivity index (χ3v) is 8.68. The van der Waals surface area contributed by atoms with Crippen molar-refractivity contribution < 1.29 is 0 Å². The molecule has 0 fully saturated rings. The summed E-state index contributed by atoms with van der Waals surface area (Å²) >= 11 is 0. The lowest BCUT2D eigenvalue weighted by molar-refractivity contribution is 1.28. The number of fused-ring (bicyclic) bond motifs is 2. The summed E-state index contributed by atoms with van der Waals surface area (Å²) in [4.78, 5) is 2.38. The SMILES string of the molecule is c1ccc(-c2ccccc2N(c2ccc(-c3cccc4ccccc34)cc2)c2ccc(-c3cccc4ccccc34)cc2)cc1. The van der Waals surface area contributed by atoms with E-state index in [1.165, 1.54) is 54.9 Å². The van der Waals surface area contributed by atoms with Crippen LogP contribution in [0.5, 0.6) is 0 Å². The summed E-state index contributed by atoms with van der Waals surface area (Å²) in [5.74, 6) is 0. The van der Waals surface area contributed by atoms with Crippen LogP contribution in [0, 0.1) is 0 Å². The predicted molar refractivity (Wildman–Crippen MR) is 192 cm³/mol. The van der Waals surface area contributed by atoms with E-state index in [0.29, 0.717) is 0 Å². The standard InChI is InChI=1S/C44H31N/c1-2-12-34(13-3-1)43-20-8-9-23-44(43)45(37-28-24-35(25-29-37)41-21-10-16-32-14-4-6-18-39(32)41)38-30-26-36(27-31-38)42-22-11-17-33-15-5-7-19-40(33)42/h1-31H. The molecule has 0 unspecified atom stereocenters. The highest BCUT2D eigenvalue weighted by Crippen LogP contribution is 2.42. The first-order chi connectivity index (χ1) is 22.3. The number of hydrogen-bond acceptors (Lipinski definition) is 1. The highest BCUT2D eigenvalue weighted by molar-refractivity contribution is 5.98. The molecule has 0 spiro atoms. The maximum atomic E-state index is 2.38. The lowest BCUT2D eigenvalue weighted by Crippen LogP contribution is -2.11. The van der Waals surface area contributed by atoms with Gasteiger partial charge in [-0.25, -0.2) is 0 Å². The number of rotatable bonds is 6. The first-order valence-electron chi connectivity index (χ1n) is 15.4. The Morgan fingerprint density at radius 3 is 1.22 bits per heavy atom. The topological polar surface area (TPSA) is 3.24 Å². The normalized spacial score (nSPS) is 11.1. The molecule has 212 valence electrons. The molecule has 8 aromatic rings. The first-order valence-corrected chi connectivity index (χ1v) is 15.4. The number of para-hydroxylation sites is 1. The summed E-state index contributed by atoms with van der Waals surface area (Å²) in [5.41, 5.74) is 10.6. The van der Waals surface area contributed by atoms with E-state index >= 15 is 0 Å². The molecule has 0 N–H and O–H groups in total. The van der Waals surface area contributed by atoms with Crippen molar-refractivity contribution >= 4 is 38.6 Å². The molecule has 0 aliphatic rings. The van der Waals surface area contributed by atoms with Crippen LogP contribution in [0.1, 0.15) is 0 Å². The molecule has 0 aromatic heterocycles. The van der Waals surface area contributed by atoms with E-state index in [0.717, 1.165) is 17.1 Å². The Balaban J connectivity index is 1.25. The zero-order valence-corrected chi connectivity index (χ0v) is 24.8. The molecule has 0 saturated heterocycles. The van der Waals surface area contributed by atoms with Crippen molar-refractivity contribution in [3.05, 3.63) is 188 Å². The van der Waals surface area contributed by atoms with Crippen LogP contribution in [0.4, 0.5) is 17.1 Å². The smallest absolute Gasteiger partial charge is 0.0540 e. The average Bonchev–Trinajstić information content (AvgIpc) is 3.12. The van der Waals surface area contributed by atoms with E-state index in [1.807, 2.05) is 0 Å². The van der Waals surface area contributed by atoms with Crippen LogP contribution in [-0.4, -0.2) is 0 Å². The van der Waals surface area contributed by atoms with E-state index in [4.69, 9.17) is 0 Å². The molecule has 0 bridgehead atoms. The largest absolute Gasteiger partial charge is 0.310 e. The van der Waals surface area contributed by atoms with Gasteiger partial charge >= 0.3 is 0 Å². The van der Waals surface area contributed by atoms with Crippen LogP contribution >= 0.6 is 0 Å². The van der Waals surface area contributed by atoms with Gasteiger partial charge in [0.1, 0.15) is 0 Å². The molecule has 8 aromatic carbocycles. The van der Waals surface area contributed by atoms with Gasteiger partial charge in [-0.05, 0) is 79.7 Å². The Morgan fingerprint density at radius 1 is 0.267 bits per heavy atom. The molecule has 1 heteroatoms. The minimum atomic E-state index is 1.11. The second-order valence-electron chi connectivity index (χ2n) is 11.4. The summed E-state index contributed by atoms with van der Waals surface area (Å²) < 4.78 is 0. The van der Waals surface area contributed by atoms with E-state index in [-0.39, 0.29) is 0 Å². The van der Waals surface area contributed by atoms with E-state index in [2.05, 4.69) is 193 Å². The van der Waals surface area contributed by atoms with Crippen molar-refractivity contribution in [3.63, 3.8) is 0 Å². The van der Waals surface area contributed by atoms with E-state index < -0.39 is 0 Å². The summed E-state index contributed by atoms with van der Waals surface area (Å²) in [5, 5.41) is 5.04. The summed E-state index contributed by atoms with van der Waals surface area (Å²) in [6, 6.07) is 67.6. The van der Waals surface area contributed by atoms with Crippen molar-refractivity contribution in [1.82, 2.24) is 0 Å². The van der Waals surface area contributed by atoms with Crippen molar-refractivity contribution in [2.75, 3.05) is 4.90 Å². The van der Waals surface area contributed by atoms with Crippen LogP contribution in [0.15, 0.2) is 188 Å². The van der Waals surface area contributed by atoms with E-state index in [1.54, 1.807) is 0 Å². The molecule has 0 atom stereocenters. The minimum Gasteiger partial charge on any atom is -0.310 e. The highest BCUT2D eigenvalue weighted by atomic mass is 15.1. The third kappa shape index (κ3) is 5.05. The highest BCUT2D eigenvalue weighted by Gasteiger charge is 2.18. The van der Waals surface area contributed by atoms with Gasteiger partial charge in [0.05, 0.1) is 5.69 Å². The number of anilines is 3. The van der Waals surface area contributed by atoms with Gasteiger partial charge in [0.25, 0.3) is 0 Å². The van der Waals surface area contributed by atoms with Crippen LogP contribution < -0.4 is 4.90 Å². The van der Waals surface area contributed by atoms with Gasteiger partial charge in [-0.15, -0.1) is 0 Å². The van der Waals surface area contributed by atoms with Crippen LogP contribution in [-0.2, 0) is 0 Å². The van der Waals surface area contributed by atoms with Gasteiger partial charge in [-0.2, -0.15) is 0 Å². The lowest BCUT2D eigenvalue weighted by atomic mass is 9.97. The monoisotopic (exact) mass is 573 g/mol. The van der Waals surface area contributed by atoms with Gasteiger partial charge < -0.3 is 4.90 Å². The molecular formula is C44H31N. The predicted octanol–water partition coefficient (Wildman–Crippen LogP) is 12.5. The van der Waals surface area contributed by atoms with Gasteiger partial charge in [-0.3, -0.25) is 0 Å². The van der Waals surface area contributed by atoms with Crippen molar-refractivity contribution in [3.8, 4) is 33.4 Å². The number of benzene rings is 8. The Kier molecular flexibility index (Phi) is 6.90. The fourth-order valence-corrected chi connectivity index (χ4v) is 6.49. The van der Waals surface area contributed by atoms with Gasteiger partial charge in [0, 0.05) is 16.9 Å². The second kappa shape index (κ2) is 11.6. The van der Waals surface area contributed by atoms with Crippen LogP contribution in [0.2, 0.25) is 0 Å². The van der Waals surface area contributed by atoms with Gasteiger partial charge in [-0.1, -0.05) is 158 Å². The Morgan fingerprint density at radius 2 is 0.667 bits per heavy atom. The molecule has 45 heavy (non-hydrogen) atoms. The fourth-order valence-electron chi connectivity index (χ4n) is 6.49. The molecular weight excluding hydrogens is 542 g/mol. The summed E-state index contributed by atoms with van der Waals surface area (Å²) in [6.45, 7) is 0. The average molecular weight is 574 g/mol. The number of hydrogen-bond donors (Lipinski definition) is 0. The van der Waals surface area contributed by atoms with Crippen LogP contribution in [0.25, 0.3) is 54.9 Å². The fraction of sp³-hybridized carbons (Fsp3) is 0. The molecule has 0 amide bonds. The molecule has 0 heterocycles.